The Balaban J connectivity index is 1.84. The molecule has 0 radical (unpaired) electrons. The molecule has 1 amide bonds. The van der Waals surface area contributed by atoms with Gasteiger partial charge in [-0.25, -0.2) is 8.42 Å². The average molecular weight is 401 g/mol. The molecule has 0 aromatic heterocycles. The van der Waals surface area contributed by atoms with Crippen molar-refractivity contribution in [1.29, 1.82) is 0 Å². The summed E-state index contributed by atoms with van der Waals surface area (Å²) >= 11 is 0. The second-order valence-electron chi connectivity index (χ2n) is 7.19. The fourth-order valence-corrected chi connectivity index (χ4v) is 5.46. The summed E-state index contributed by atoms with van der Waals surface area (Å²) in [4.78, 5) is 17.1. The Morgan fingerprint density at radius 2 is 1.64 bits per heavy atom. The molecule has 2 aromatic rings. The number of nitrogens with zero attached hydrogens (tertiary/aromatic N) is 2. The van der Waals surface area contributed by atoms with E-state index in [4.69, 9.17) is 0 Å². The highest BCUT2D eigenvalue weighted by atomic mass is 32.2. The molecule has 1 saturated heterocycles. The lowest BCUT2D eigenvalue weighted by molar-refractivity contribution is 0.0681. The third kappa shape index (κ3) is 4.73. The predicted octanol–water partition coefficient (Wildman–Crippen LogP) is 3.36. The second-order valence-corrected chi connectivity index (χ2v) is 9.42. The first-order valence-corrected chi connectivity index (χ1v) is 11.7. The van der Waals surface area contributed by atoms with E-state index in [9.17, 15) is 13.2 Å². The largest absolute Gasteiger partial charge is 0.372 e. The summed E-state index contributed by atoms with van der Waals surface area (Å²) in [5, 5.41) is 0. The third-order valence-electron chi connectivity index (χ3n) is 5.35. The van der Waals surface area contributed by atoms with E-state index >= 15 is 0 Å². The summed E-state index contributed by atoms with van der Waals surface area (Å²) in [5.41, 5.74) is 2.74. The highest BCUT2D eigenvalue weighted by molar-refractivity contribution is 7.91. The standard InChI is InChI=1S/C22H28N2O3S/c1-3-23(4-2)20-12-10-18(11-13-20)16-24(21-14-15-28(26,27)17-21)22(25)19-8-6-5-7-9-19/h5-13,21H,3-4,14-17H2,1-2H3. The lowest BCUT2D eigenvalue weighted by atomic mass is 10.1. The van der Waals surface area contributed by atoms with Gasteiger partial charge < -0.3 is 9.80 Å². The summed E-state index contributed by atoms with van der Waals surface area (Å²) in [6.45, 7) is 6.53. The van der Waals surface area contributed by atoms with Gasteiger partial charge in [-0.15, -0.1) is 0 Å². The maximum absolute atomic E-state index is 13.1. The minimum absolute atomic E-state index is 0.0447. The number of carbonyl (C=O) groups excluding carboxylic acids is 1. The SMILES string of the molecule is CCN(CC)c1ccc(CN(C(=O)c2ccccc2)C2CCS(=O)(=O)C2)cc1. The molecule has 1 atom stereocenters. The topological polar surface area (TPSA) is 57.7 Å². The number of benzene rings is 2. The quantitative estimate of drug-likeness (QED) is 0.715. The number of amides is 1. The van der Waals surface area contributed by atoms with Crippen LogP contribution >= 0.6 is 0 Å². The third-order valence-corrected chi connectivity index (χ3v) is 7.10. The van der Waals surface area contributed by atoms with E-state index in [1.165, 1.54) is 0 Å². The molecular formula is C22H28N2O3S. The Kier molecular flexibility index (Phi) is 6.39. The fourth-order valence-electron chi connectivity index (χ4n) is 3.73. The zero-order valence-electron chi connectivity index (χ0n) is 16.5. The average Bonchev–Trinajstić information content (AvgIpc) is 3.08. The van der Waals surface area contributed by atoms with E-state index in [2.05, 4.69) is 30.9 Å². The van der Waals surface area contributed by atoms with Gasteiger partial charge in [0.1, 0.15) is 0 Å². The van der Waals surface area contributed by atoms with Crippen LogP contribution in [0.5, 0.6) is 0 Å². The van der Waals surface area contributed by atoms with Crippen LogP contribution in [0.15, 0.2) is 54.6 Å². The molecule has 0 bridgehead atoms. The first-order valence-electron chi connectivity index (χ1n) is 9.84. The number of hydrogen-bond acceptors (Lipinski definition) is 4. The van der Waals surface area contributed by atoms with E-state index in [1.807, 2.05) is 30.3 Å². The van der Waals surface area contributed by atoms with Crippen molar-refractivity contribution in [3.63, 3.8) is 0 Å². The van der Waals surface area contributed by atoms with Crippen LogP contribution in [-0.2, 0) is 16.4 Å². The number of hydrogen-bond donors (Lipinski definition) is 0. The van der Waals surface area contributed by atoms with Crippen LogP contribution in [0.4, 0.5) is 5.69 Å². The second kappa shape index (κ2) is 8.78. The zero-order valence-corrected chi connectivity index (χ0v) is 17.4. The molecule has 1 fully saturated rings. The number of anilines is 1. The van der Waals surface area contributed by atoms with Crippen LogP contribution < -0.4 is 4.90 Å². The molecule has 150 valence electrons. The highest BCUT2D eigenvalue weighted by Crippen LogP contribution is 2.23. The molecular weight excluding hydrogens is 372 g/mol. The van der Waals surface area contributed by atoms with Crippen molar-refractivity contribution in [2.24, 2.45) is 0 Å². The zero-order chi connectivity index (χ0) is 20.1. The van der Waals surface area contributed by atoms with Gasteiger partial charge in [0.05, 0.1) is 11.5 Å². The van der Waals surface area contributed by atoms with Gasteiger partial charge in [-0.3, -0.25) is 4.79 Å². The van der Waals surface area contributed by atoms with E-state index in [1.54, 1.807) is 17.0 Å². The first kappa shape index (κ1) is 20.4. The van der Waals surface area contributed by atoms with Crippen molar-refractivity contribution in [2.45, 2.75) is 32.9 Å². The molecule has 1 aliphatic heterocycles. The molecule has 0 aliphatic carbocycles. The first-order chi connectivity index (χ1) is 13.4. The molecule has 1 unspecified atom stereocenters. The number of carbonyl (C=O) groups is 1. The van der Waals surface area contributed by atoms with E-state index in [0.29, 0.717) is 18.5 Å². The maximum Gasteiger partial charge on any atom is 0.254 e. The smallest absolute Gasteiger partial charge is 0.254 e. The highest BCUT2D eigenvalue weighted by Gasteiger charge is 2.35. The minimum atomic E-state index is -3.07. The molecule has 1 heterocycles. The Hall–Kier alpha value is -2.34. The van der Waals surface area contributed by atoms with Crippen LogP contribution in [0.1, 0.15) is 36.2 Å². The van der Waals surface area contributed by atoms with Crippen molar-refractivity contribution >= 4 is 21.4 Å². The molecule has 3 rings (SSSR count). The van der Waals surface area contributed by atoms with E-state index in [-0.39, 0.29) is 23.5 Å². The summed E-state index contributed by atoms with van der Waals surface area (Å²) in [7, 11) is -3.07. The van der Waals surface area contributed by atoms with Crippen LogP contribution in [0, 0.1) is 0 Å². The lowest BCUT2D eigenvalue weighted by Gasteiger charge is -2.29. The van der Waals surface area contributed by atoms with Crippen molar-refractivity contribution in [1.82, 2.24) is 4.90 Å². The summed E-state index contributed by atoms with van der Waals surface area (Å²) in [6, 6.07) is 17.0. The number of rotatable bonds is 7. The molecule has 0 N–H and O–H groups in total. The summed E-state index contributed by atoms with van der Waals surface area (Å²) in [6.07, 6.45) is 0.498. The van der Waals surface area contributed by atoms with Crippen molar-refractivity contribution < 1.29 is 13.2 Å². The van der Waals surface area contributed by atoms with Gasteiger partial charge in [0.15, 0.2) is 9.84 Å². The van der Waals surface area contributed by atoms with Gasteiger partial charge in [-0.1, -0.05) is 30.3 Å². The molecule has 28 heavy (non-hydrogen) atoms. The maximum atomic E-state index is 13.1. The summed E-state index contributed by atoms with van der Waals surface area (Å²) in [5.74, 6) is 0.0794. The fraction of sp³-hybridized carbons (Fsp3) is 0.409. The monoisotopic (exact) mass is 400 g/mol. The van der Waals surface area contributed by atoms with E-state index < -0.39 is 9.84 Å². The Labute approximate surface area is 167 Å². The van der Waals surface area contributed by atoms with Gasteiger partial charge in [0.25, 0.3) is 5.91 Å². The van der Waals surface area contributed by atoms with Gasteiger partial charge >= 0.3 is 0 Å². The normalized spacial score (nSPS) is 18.0. The van der Waals surface area contributed by atoms with Crippen LogP contribution in [-0.4, -0.2) is 49.9 Å². The van der Waals surface area contributed by atoms with Crippen LogP contribution in [0.3, 0.4) is 0 Å². The minimum Gasteiger partial charge on any atom is -0.372 e. The van der Waals surface area contributed by atoms with Gasteiger partial charge in [0.2, 0.25) is 0 Å². The summed E-state index contributed by atoms with van der Waals surface area (Å²) < 4.78 is 24.0. The molecule has 1 aliphatic rings. The van der Waals surface area contributed by atoms with Gasteiger partial charge in [0, 0.05) is 36.9 Å². The van der Waals surface area contributed by atoms with E-state index in [0.717, 1.165) is 24.3 Å². The predicted molar refractivity (Wildman–Crippen MR) is 113 cm³/mol. The van der Waals surface area contributed by atoms with Crippen LogP contribution in [0.2, 0.25) is 0 Å². The molecule has 0 saturated carbocycles. The molecule has 2 aromatic carbocycles. The number of sulfone groups is 1. The Bertz CT molecular complexity index is 891. The van der Waals surface area contributed by atoms with Crippen molar-refractivity contribution in [3.05, 3.63) is 65.7 Å². The van der Waals surface area contributed by atoms with Gasteiger partial charge in [-0.05, 0) is 50.1 Å². The Morgan fingerprint density at radius 1 is 1.00 bits per heavy atom. The molecule has 0 spiro atoms. The van der Waals surface area contributed by atoms with Crippen LogP contribution in [0.25, 0.3) is 0 Å². The van der Waals surface area contributed by atoms with Gasteiger partial charge in [-0.2, -0.15) is 0 Å². The lowest BCUT2D eigenvalue weighted by Crippen LogP contribution is -2.40. The Morgan fingerprint density at radius 3 is 2.18 bits per heavy atom. The van der Waals surface area contributed by atoms with Crippen molar-refractivity contribution in [3.8, 4) is 0 Å². The van der Waals surface area contributed by atoms with Crippen molar-refractivity contribution in [2.75, 3.05) is 29.5 Å². The molecule has 6 heteroatoms. The molecule has 5 nitrogen and oxygen atoms in total.